The molecule has 98 valence electrons. The molecular formula is C14H9BrF2OS. The maximum absolute atomic E-state index is 13.5. The fraction of sp³-hybridized carbons (Fsp3) is 0.0714. The molecule has 0 saturated carbocycles. The highest BCUT2D eigenvalue weighted by molar-refractivity contribution is 9.10. The second-order valence-corrected chi connectivity index (χ2v) is 5.84. The predicted octanol–water partition coefficient (Wildman–Crippen LogP) is 5.08. The highest BCUT2D eigenvalue weighted by atomic mass is 79.9. The first-order valence-electron chi connectivity index (χ1n) is 5.41. The van der Waals surface area contributed by atoms with Crippen molar-refractivity contribution >= 4 is 33.5 Å². The number of halogens is 3. The van der Waals surface area contributed by atoms with Crippen molar-refractivity contribution in [2.75, 3.05) is 0 Å². The van der Waals surface area contributed by atoms with E-state index in [0.29, 0.717) is 14.9 Å². The van der Waals surface area contributed by atoms with Gasteiger partial charge in [0.15, 0.2) is 5.78 Å². The molecule has 1 nitrogen and oxygen atoms in total. The molecule has 5 heteroatoms. The van der Waals surface area contributed by atoms with Crippen molar-refractivity contribution in [3.63, 3.8) is 0 Å². The zero-order valence-corrected chi connectivity index (χ0v) is 12.3. The van der Waals surface area contributed by atoms with Crippen LogP contribution in [0.15, 0.2) is 50.7 Å². The summed E-state index contributed by atoms with van der Waals surface area (Å²) in [4.78, 5) is 12.4. The molecule has 0 unspecified atom stereocenters. The van der Waals surface area contributed by atoms with Gasteiger partial charge in [0, 0.05) is 25.9 Å². The number of rotatable bonds is 3. The Hall–Kier alpha value is -1.20. The van der Waals surface area contributed by atoms with Crippen LogP contribution in [0.2, 0.25) is 0 Å². The molecule has 2 aromatic rings. The van der Waals surface area contributed by atoms with E-state index in [0.717, 1.165) is 11.0 Å². The molecule has 0 bridgehead atoms. The van der Waals surface area contributed by atoms with Gasteiger partial charge in [0.05, 0.1) is 0 Å². The minimum Gasteiger partial charge on any atom is -0.294 e. The lowest BCUT2D eigenvalue weighted by Gasteiger charge is -2.06. The highest BCUT2D eigenvalue weighted by Crippen LogP contribution is 2.32. The number of ketones is 1. The van der Waals surface area contributed by atoms with Crippen LogP contribution in [0.25, 0.3) is 0 Å². The Kier molecular flexibility index (Phi) is 4.37. The number of hydrogen-bond donors (Lipinski definition) is 0. The molecule has 0 aliphatic carbocycles. The zero-order chi connectivity index (χ0) is 14.0. The second-order valence-electron chi connectivity index (χ2n) is 3.87. The summed E-state index contributed by atoms with van der Waals surface area (Å²) < 4.78 is 27.0. The maximum Gasteiger partial charge on any atom is 0.160 e. The standard InChI is InChI=1S/C14H9BrF2OS/c1-8(18)11-4-3-10(7-12(11)15)19-14-5-2-9(16)6-13(14)17/h2-7H,1H3. The molecule has 19 heavy (non-hydrogen) atoms. The summed E-state index contributed by atoms with van der Waals surface area (Å²) in [5.41, 5.74) is 0.573. The molecular weight excluding hydrogens is 334 g/mol. The van der Waals surface area contributed by atoms with Gasteiger partial charge in [-0.1, -0.05) is 27.7 Å². The van der Waals surface area contributed by atoms with Gasteiger partial charge >= 0.3 is 0 Å². The summed E-state index contributed by atoms with van der Waals surface area (Å²) in [6.45, 7) is 1.48. The van der Waals surface area contributed by atoms with E-state index in [4.69, 9.17) is 0 Å². The second kappa shape index (κ2) is 5.84. The Labute approximate surface area is 122 Å². The van der Waals surface area contributed by atoms with Crippen LogP contribution >= 0.6 is 27.7 Å². The van der Waals surface area contributed by atoms with Gasteiger partial charge < -0.3 is 0 Å². The lowest BCUT2D eigenvalue weighted by atomic mass is 10.2. The molecule has 0 spiro atoms. The molecule has 0 aliphatic heterocycles. The van der Waals surface area contributed by atoms with E-state index in [2.05, 4.69) is 15.9 Å². The van der Waals surface area contributed by atoms with Crippen molar-refractivity contribution in [2.45, 2.75) is 16.7 Å². The molecule has 0 radical (unpaired) electrons. The van der Waals surface area contributed by atoms with Gasteiger partial charge in [-0.15, -0.1) is 0 Å². The topological polar surface area (TPSA) is 17.1 Å². The molecule has 0 fully saturated rings. The Balaban J connectivity index is 2.29. The van der Waals surface area contributed by atoms with E-state index < -0.39 is 11.6 Å². The Bertz CT molecular complexity index is 643. The van der Waals surface area contributed by atoms with Gasteiger partial charge in [0.25, 0.3) is 0 Å². The summed E-state index contributed by atoms with van der Waals surface area (Å²) in [6, 6.07) is 8.60. The molecule has 0 aliphatic rings. The molecule has 2 rings (SSSR count). The molecule has 0 atom stereocenters. The lowest BCUT2D eigenvalue weighted by molar-refractivity contribution is 0.101. The predicted molar refractivity (Wildman–Crippen MR) is 74.6 cm³/mol. The summed E-state index contributed by atoms with van der Waals surface area (Å²) in [5.74, 6) is -1.25. The first kappa shape index (κ1) is 14.2. The largest absolute Gasteiger partial charge is 0.294 e. The Morgan fingerprint density at radius 1 is 1.16 bits per heavy atom. The first-order chi connectivity index (χ1) is 8.97. The van der Waals surface area contributed by atoms with Crippen molar-refractivity contribution in [1.29, 1.82) is 0 Å². The Morgan fingerprint density at radius 3 is 2.47 bits per heavy atom. The van der Waals surface area contributed by atoms with E-state index in [1.54, 1.807) is 18.2 Å². The lowest BCUT2D eigenvalue weighted by Crippen LogP contribution is -1.93. The van der Waals surface area contributed by atoms with Crippen LogP contribution in [-0.4, -0.2) is 5.78 Å². The van der Waals surface area contributed by atoms with Crippen molar-refractivity contribution in [1.82, 2.24) is 0 Å². The molecule has 0 aromatic heterocycles. The normalized spacial score (nSPS) is 10.5. The number of hydrogen-bond acceptors (Lipinski definition) is 2. The third kappa shape index (κ3) is 3.42. The summed E-state index contributed by atoms with van der Waals surface area (Å²) >= 11 is 4.48. The van der Waals surface area contributed by atoms with Crippen LogP contribution in [0.5, 0.6) is 0 Å². The molecule has 0 amide bonds. The minimum atomic E-state index is -0.602. The van der Waals surface area contributed by atoms with E-state index in [1.807, 2.05) is 0 Å². The number of Topliss-reactive ketones (excluding diaryl/α,β-unsaturated/α-hetero) is 1. The monoisotopic (exact) mass is 342 g/mol. The van der Waals surface area contributed by atoms with Crippen LogP contribution < -0.4 is 0 Å². The van der Waals surface area contributed by atoms with Gasteiger partial charge in [-0.25, -0.2) is 8.78 Å². The SMILES string of the molecule is CC(=O)c1ccc(Sc2ccc(F)cc2F)cc1Br. The number of carbonyl (C=O) groups is 1. The van der Waals surface area contributed by atoms with Crippen molar-refractivity contribution in [2.24, 2.45) is 0 Å². The average molecular weight is 343 g/mol. The van der Waals surface area contributed by atoms with E-state index in [9.17, 15) is 13.6 Å². The van der Waals surface area contributed by atoms with Crippen LogP contribution in [0.4, 0.5) is 8.78 Å². The zero-order valence-electron chi connectivity index (χ0n) is 9.91. The van der Waals surface area contributed by atoms with Crippen LogP contribution in [0, 0.1) is 11.6 Å². The van der Waals surface area contributed by atoms with Crippen LogP contribution in [0.1, 0.15) is 17.3 Å². The van der Waals surface area contributed by atoms with Crippen LogP contribution in [0.3, 0.4) is 0 Å². The molecule has 2 aromatic carbocycles. The third-order valence-electron chi connectivity index (χ3n) is 2.44. The maximum atomic E-state index is 13.5. The molecule has 0 saturated heterocycles. The van der Waals surface area contributed by atoms with Crippen molar-refractivity contribution < 1.29 is 13.6 Å². The van der Waals surface area contributed by atoms with Gasteiger partial charge in [-0.2, -0.15) is 0 Å². The van der Waals surface area contributed by atoms with Gasteiger partial charge in [-0.05, 0) is 37.3 Å². The van der Waals surface area contributed by atoms with Gasteiger partial charge in [0.1, 0.15) is 11.6 Å². The van der Waals surface area contributed by atoms with E-state index in [-0.39, 0.29) is 5.78 Å². The Morgan fingerprint density at radius 2 is 1.89 bits per heavy atom. The van der Waals surface area contributed by atoms with E-state index in [1.165, 1.54) is 30.8 Å². The minimum absolute atomic E-state index is 0.0450. The smallest absolute Gasteiger partial charge is 0.160 e. The van der Waals surface area contributed by atoms with Crippen molar-refractivity contribution in [3.8, 4) is 0 Å². The fourth-order valence-corrected chi connectivity index (χ4v) is 3.20. The quantitative estimate of drug-likeness (QED) is 0.723. The third-order valence-corrected chi connectivity index (χ3v) is 4.14. The number of benzene rings is 2. The summed E-state index contributed by atoms with van der Waals surface area (Å²) in [6.07, 6.45) is 0. The molecule has 0 heterocycles. The summed E-state index contributed by atoms with van der Waals surface area (Å²) in [5, 5.41) is 0. The van der Waals surface area contributed by atoms with Gasteiger partial charge in [-0.3, -0.25) is 4.79 Å². The summed E-state index contributed by atoms with van der Waals surface area (Å²) in [7, 11) is 0. The highest BCUT2D eigenvalue weighted by Gasteiger charge is 2.09. The molecule has 0 N–H and O–H groups in total. The van der Waals surface area contributed by atoms with E-state index >= 15 is 0 Å². The average Bonchev–Trinajstić information content (AvgIpc) is 2.32. The van der Waals surface area contributed by atoms with Crippen molar-refractivity contribution in [3.05, 3.63) is 58.1 Å². The van der Waals surface area contributed by atoms with Gasteiger partial charge in [0.2, 0.25) is 0 Å². The fourth-order valence-electron chi connectivity index (χ4n) is 1.53. The first-order valence-corrected chi connectivity index (χ1v) is 7.01. The van der Waals surface area contributed by atoms with Crippen LogP contribution in [-0.2, 0) is 0 Å². The number of carbonyl (C=O) groups excluding carboxylic acids is 1.